The summed E-state index contributed by atoms with van der Waals surface area (Å²) in [6.07, 6.45) is 1.83. The normalized spacial score (nSPS) is 27.6. The number of hydrogen-bond acceptors (Lipinski definition) is 5. The Hall–Kier alpha value is -1.02. The molecule has 0 spiro atoms. The van der Waals surface area contributed by atoms with Crippen molar-refractivity contribution in [2.45, 2.75) is 43.4 Å². The molecule has 3 N–H and O–H groups in total. The molecule has 0 saturated carbocycles. The molecule has 2 rings (SSSR count). The Kier molecular flexibility index (Phi) is 3.91. The third-order valence-corrected chi connectivity index (χ3v) is 5.17. The first-order valence-corrected chi connectivity index (χ1v) is 7.66. The van der Waals surface area contributed by atoms with Gasteiger partial charge in [0, 0.05) is 19.3 Å². The molecule has 1 aromatic heterocycles. The summed E-state index contributed by atoms with van der Waals surface area (Å²) in [6, 6.07) is 3.13. The molecule has 0 radical (unpaired) electrons. The minimum atomic E-state index is -3.59. The van der Waals surface area contributed by atoms with Gasteiger partial charge in [0.05, 0.1) is 17.3 Å². The van der Waals surface area contributed by atoms with Crippen molar-refractivity contribution < 1.29 is 13.2 Å². The zero-order chi connectivity index (χ0) is 14.1. The van der Waals surface area contributed by atoms with Crippen LogP contribution in [0.4, 0.5) is 0 Å². The summed E-state index contributed by atoms with van der Waals surface area (Å²) in [4.78, 5) is 4.15. The van der Waals surface area contributed by atoms with E-state index in [1.807, 2.05) is 13.8 Å². The van der Waals surface area contributed by atoms with Gasteiger partial charge in [-0.25, -0.2) is 13.1 Å². The largest absolute Gasteiger partial charge is 0.376 e. The van der Waals surface area contributed by atoms with Crippen LogP contribution in [0.15, 0.2) is 23.2 Å². The predicted molar refractivity (Wildman–Crippen MR) is 70.9 cm³/mol. The summed E-state index contributed by atoms with van der Waals surface area (Å²) < 4.78 is 32.7. The first kappa shape index (κ1) is 14.4. The van der Waals surface area contributed by atoms with Crippen molar-refractivity contribution in [3.8, 4) is 0 Å². The van der Waals surface area contributed by atoms with Crippen LogP contribution in [0.5, 0.6) is 0 Å². The number of sulfonamides is 1. The lowest BCUT2D eigenvalue weighted by atomic mass is 9.97. The maximum atomic E-state index is 12.3. The van der Waals surface area contributed by atoms with Crippen LogP contribution in [0, 0.1) is 0 Å². The Morgan fingerprint density at radius 2 is 2.32 bits per heavy atom. The monoisotopic (exact) mass is 285 g/mol. The molecule has 2 atom stereocenters. The molecule has 1 aliphatic heterocycles. The second-order valence-electron chi connectivity index (χ2n) is 4.98. The molecule has 1 saturated heterocycles. The van der Waals surface area contributed by atoms with Crippen molar-refractivity contribution in [3.05, 3.63) is 24.0 Å². The summed E-state index contributed by atoms with van der Waals surface area (Å²) in [5.74, 6) is 0. The molecule has 1 aliphatic rings. The number of aromatic nitrogens is 1. The van der Waals surface area contributed by atoms with Gasteiger partial charge in [-0.05, 0) is 32.4 Å². The summed E-state index contributed by atoms with van der Waals surface area (Å²) >= 11 is 0. The van der Waals surface area contributed by atoms with Crippen LogP contribution in [-0.2, 0) is 21.3 Å². The van der Waals surface area contributed by atoms with Crippen molar-refractivity contribution in [1.82, 2.24) is 9.71 Å². The van der Waals surface area contributed by atoms with Crippen LogP contribution in [0.1, 0.15) is 26.0 Å². The summed E-state index contributed by atoms with van der Waals surface area (Å²) in [5, 5.41) is 0. The SMILES string of the molecule is CC1OCCC1(C)NS(=O)(=O)c1ccc(CN)nc1. The second-order valence-corrected chi connectivity index (χ2v) is 6.66. The zero-order valence-corrected chi connectivity index (χ0v) is 11.9. The molecule has 19 heavy (non-hydrogen) atoms. The van der Waals surface area contributed by atoms with E-state index in [1.165, 1.54) is 12.3 Å². The van der Waals surface area contributed by atoms with Gasteiger partial charge in [0.15, 0.2) is 0 Å². The fourth-order valence-corrected chi connectivity index (χ4v) is 3.46. The van der Waals surface area contributed by atoms with E-state index in [-0.39, 0.29) is 17.5 Å². The molecule has 1 fully saturated rings. The quantitative estimate of drug-likeness (QED) is 0.834. The van der Waals surface area contributed by atoms with E-state index in [1.54, 1.807) is 6.07 Å². The minimum absolute atomic E-state index is 0.144. The van der Waals surface area contributed by atoms with E-state index in [9.17, 15) is 8.42 Å². The number of nitrogens with one attached hydrogen (secondary N) is 1. The van der Waals surface area contributed by atoms with Gasteiger partial charge in [0.2, 0.25) is 10.0 Å². The highest BCUT2D eigenvalue weighted by Gasteiger charge is 2.40. The highest BCUT2D eigenvalue weighted by Crippen LogP contribution is 2.27. The number of nitrogens with zero attached hydrogens (tertiary/aromatic N) is 1. The molecule has 2 heterocycles. The fourth-order valence-electron chi connectivity index (χ4n) is 2.03. The van der Waals surface area contributed by atoms with Crippen molar-refractivity contribution in [2.24, 2.45) is 5.73 Å². The summed E-state index contributed by atoms with van der Waals surface area (Å²) in [5.41, 5.74) is 5.51. The van der Waals surface area contributed by atoms with Crippen LogP contribution >= 0.6 is 0 Å². The van der Waals surface area contributed by atoms with E-state index >= 15 is 0 Å². The standard InChI is InChI=1S/C12H19N3O3S/c1-9-12(2,5-6-18-9)15-19(16,17)11-4-3-10(7-13)14-8-11/h3-4,8-9,15H,5-7,13H2,1-2H3. The molecule has 2 unspecified atom stereocenters. The van der Waals surface area contributed by atoms with E-state index in [0.717, 1.165) is 0 Å². The highest BCUT2D eigenvalue weighted by molar-refractivity contribution is 7.89. The van der Waals surface area contributed by atoms with Gasteiger partial charge in [-0.1, -0.05) is 0 Å². The van der Waals surface area contributed by atoms with Gasteiger partial charge in [0.1, 0.15) is 4.90 Å². The summed E-state index contributed by atoms with van der Waals surface area (Å²) in [7, 11) is -3.59. The van der Waals surface area contributed by atoms with Crippen molar-refractivity contribution in [3.63, 3.8) is 0 Å². The van der Waals surface area contributed by atoms with E-state index in [2.05, 4.69) is 9.71 Å². The molecule has 0 amide bonds. The third-order valence-electron chi connectivity index (χ3n) is 3.57. The molecule has 106 valence electrons. The van der Waals surface area contributed by atoms with Crippen molar-refractivity contribution >= 4 is 10.0 Å². The number of hydrogen-bond donors (Lipinski definition) is 2. The highest BCUT2D eigenvalue weighted by atomic mass is 32.2. The lowest BCUT2D eigenvalue weighted by molar-refractivity contribution is 0.0957. The van der Waals surface area contributed by atoms with Crippen LogP contribution in [-0.4, -0.2) is 31.7 Å². The van der Waals surface area contributed by atoms with Gasteiger partial charge in [0.25, 0.3) is 0 Å². The van der Waals surface area contributed by atoms with Gasteiger partial charge in [-0.15, -0.1) is 0 Å². The fraction of sp³-hybridized carbons (Fsp3) is 0.583. The zero-order valence-electron chi connectivity index (χ0n) is 11.1. The first-order valence-electron chi connectivity index (χ1n) is 6.18. The van der Waals surface area contributed by atoms with Crippen molar-refractivity contribution in [2.75, 3.05) is 6.61 Å². The van der Waals surface area contributed by atoms with Crippen LogP contribution in [0.25, 0.3) is 0 Å². The predicted octanol–water partition coefficient (Wildman–Crippen LogP) is 0.386. The molecule has 1 aromatic rings. The number of rotatable bonds is 4. The second kappa shape index (κ2) is 5.16. The molecular formula is C12H19N3O3S. The Balaban J connectivity index is 2.22. The first-order chi connectivity index (χ1) is 8.87. The van der Waals surface area contributed by atoms with Gasteiger partial charge >= 0.3 is 0 Å². The van der Waals surface area contributed by atoms with Crippen LogP contribution in [0.2, 0.25) is 0 Å². The molecule has 0 aliphatic carbocycles. The topological polar surface area (TPSA) is 94.3 Å². The van der Waals surface area contributed by atoms with Gasteiger partial charge in [-0.2, -0.15) is 0 Å². The Morgan fingerprint density at radius 3 is 2.79 bits per heavy atom. The van der Waals surface area contributed by atoms with E-state index in [4.69, 9.17) is 10.5 Å². The van der Waals surface area contributed by atoms with Gasteiger partial charge < -0.3 is 10.5 Å². The van der Waals surface area contributed by atoms with Gasteiger partial charge in [-0.3, -0.25) is 4.98 Å². The maximum absolute atomic E-state index is 12.3. The lowest BCUT2D eigenvalue weighted by Crippen LogP contribution is -2.50. The number of ether oxygens (including phenoxy) is 1. The lowest BCUT2D eigenvalue weighted by Gasteiger charge is -2.28. The van der Waals surface area contributed by atoms with Crippen LogP contribution < -0.4 is 10.5 Å². The Bertz CT molecular complexity index is 544. The molecule has 6 nitrogen and oxygen atoms in total. The van der Waals surface area contributed by atoms with E-state index in [0.29, 0.717) is 18.7 Å². The smallest absolute Gasteiger partial charge is 0.242 e. The number of pyridine rings is 1. The van der Waals surface area contributed by atoms with Crippen molar-refractivity contribution in [1.29, 1.82) is 0 Å². The number of nitrogens with two attached hydrogens (primary N) is 1. The Labute approximate surface area is 113 Å². The molecule has 0 aromatic carbocycles. The van der Waals surface area contributed by atoms with E-state index < -0.39 is 15.6 Å². The van der Waals surface area contributed by atoms with Crippen LogP contribution in [0.3, 0.4) is 0 Å². The Morgan fingerprint density at radius 1 is 1.58 bits per heavy atom. The molecular weight excluding hydrogens is 266 g/mol. The average molecular weight is 285 g/mol. The molecule has 0 bridgehead atoms. The maximum Gasteiger partial charge on any atom is 0.242 e. The average Bonchev–Trinajstić information content (AvgIpc) is 2.68. The summed E-state index contributed by atoms with van der Waals surface area (Å²) in [6.45, 7) is 4.57. The minimum Gasteiger partial charge on any atom is -0.376 e. The molecule has 7 heteroatoms. The third kappa shape index (κ3) is 2.94.